The first-order valence-corrected chi connectivity index (χ1v) is 13.0. The first-order chi connectivity index (χ1) is 19.4. The van der Waals surface area contributed by atoms with Gasteiger partial charge in [-0.25, -0.2) is 14.1 Å². The number of benzene rings is 1. The first kappa shape index (κ1) is 28.5. The van der Waals surface area contributed by atoms with Crippen LogP contribution in [0.1, 0.15) is 77.8 Å². The smallest absolute Gasteiger partial charge is 0.267 e. The number of nitrogens with zero attached hydrogens (tertiary/aromatic N) is 6. The molecule has 1 fully saturated rings. The van der Waals surface area contributed by atoms with Crippen LogP contribution in [0.3, 0.4) is 0 Å². The highest BCUT2D eigenvalue weighted by atomic mass is 19.4. The van der Waals surface area contributed by atoms with Crippen molar-refractivity contribution in [1.29, 1.82) is 0 Å². The minimum atomic E-state index is -4.72. The topological polar surface area (TPSA) is 78.5 Å². The fraction of sp³-hybridized carbons (Fsp3) is 0.393. The Morgan fingerprint density at radius 3 is 2.34 bits per heavy atom. The highest BCUT2D eigenvalue weighted by molar-refractivity contribution is 5.49. The van der Waals surface area contributed by atoms with Gasteiger partial charge < -0.3 is 0 Å². The summed E-state index contributed by atoms with van der Waals surface area (Å²) in [5, 5.41) is 7.99. The Hall–Kier alpha value is -4.03. The van der Waals surface area contributed by atoms with Gasteiger partial charge in [-0.05, 0) is 86.8 Å². The average molecular weight is 577 g/mol. The van der Waals surface area contributed by atoms with Crippen LogP contribution in [-0.2, 0) is 12.7 Å². The van der Waals surface area contributed by atoms with Crippen molar-refractivity contribution in [2.45, 2.75) is 70.6 Å². The van der Waals surface area contributed by atoms with Crippen molar-refractivity contribution >= 4 is 0 Å². The van der Waals surface area contributed by atoms with Crippen LogP contribution < -0.4 is 5.56 Å². The molecule has 0 atom stereocenters. The number of rotatable bonds is 6. The summed E-state index contributed by atoms with van der Waals surface area (Å²) in [4.78, 5) is 21.5. The van der Waals surface area contributed by atoms with Gasteiger partial charge in [0.05, 0.1) is 17.8 Å². The van der Waals surface area contributed by atoms with Crippen molar-refractivity contribution in [1.82, 2.24) is 29.5 Å². The Morgan fingerprint density at radius 1 is 1.00 bits per heavy atom. The summed E-state index contributed by atoms with van der Waals surface area (Å²) in [6.07, 6.45) is -1.36. The SMILES string of the molecule is Cc1cccc(F)c1C1CCC(c2cc(-c3nc(C)n(C(F)F)n3)nn(Cc3ncccc3C(F)(F)F)c2=O)CC1. The van der Waals surface area contributed by atoms with Crippen LogP contribution in [0.15, 0.2) is 47.4 Å². The highest BCUT2D eigenvalue weighted by Gasteiger charge is 2.35. The van der Waals surface area contributed by atoms with E-state index in [1.807, 2.05) is 13.0 Å². The third-order valence-electron chi connectivity index (χ3n) is 7.56. The van der Waals surface area contributed by atoms with Gasteiger partial charge in [0.15, 0.2) is 0 Å². The number of pyridine rings is 1. The summed E-state index contributed by atoms with van der Waals surface area (Å²) in [6.45, 7) is -0.400. The molecule has 216 valence electrons. The van der Waals surface area contributed by atoms with E-state index >= 15 is 0 Å². The summed E-state index contributed by atoms with van der Waals surface area (Å²) in [5.41, 5.74) is -0.341. The maximum absolute atomic E-state index is 14.6. The van der Waals surface area contributed by atoms with Crippen LogP contribution in [0, 0.1) is 19.7 Å². The lowest BCUT2D eigenvalue weighted by molar-refractivity contribution is -0.138. The molecule has 0 aliphatic heterocycles. The zero-order valence-electron chi connectivity index (χ0n) is 22.2. The predicted molar refractivity (Wildman–Crippen MR) is 137 cm³/mol. The summed E-state index contributed by atoms with van der Waals surface area (Å²) < 4.78 is 83.6. The molecule has 0 spiro atoms. The Morgan fingerprint density at radius 2 is 1.71 bits per heavy atom. The zero-order chi connectivity index (χ0) is 29.5. The van der Waals surface area contributed by atoms with E-state index in [4.69, 9.17) is 0 Å². The lowest BCUT2D eigenvalue weighted by atomic mass is 9.75. The second kappa shape index (κ2) is 11.1. The Kier molecular flexibility index (Phi) is 7.71. The number of hydrogen-bond acceptors (Lipinski definition) is 5. The minimum Gasteiger partial charge on any atom is -0.267 e. The van der Waals surface area contributed by atoms with Crippen molar-refractivity contribution in [3.05, 3.63) is 92.5 Å². The molecule has 1 saturated carbocycles. The lowest BCUT2D eigenvalue weighted by Crippen LogP contribution is -2.31. The lowest BCUT2D eigenvalue weighted by Gasteiger charge is -2.30. The fourth-order valence-corrected chi connectivity index (χ4v) is 5.58. The highest BCUT2D eigenvalue weighted by Crippen LogP contribution is 2.42. The van der Waals surface area contributed by atoms with Crippen LogP contribution in [0.4, 0.5) is 26.3 Å². The van der Waals surface area contributed by atoms with Gasteiger partial charge in [-0.15, -0.1) is 5.10 Å². The monoisotopic (exact) mass is 576 g/mol. The molecule has 1 aliphatic rings. The molecule has 3 heterocycles. The predicted octanol–water partition coefficient (Wildman–Crippen LogP) is 6.56. The van der Waals surface area contributed by atoms with Gasteiger partial charge >= 0.3 is 12.7 Å². The summed E-state index contributed by atoms with van der Waals surface area (Å²) in [6, 6.07) is 8.34. The molecule has 0 unspecified atom stereocenters. The molecular weight excluding hydrogens is 550 g/mol. The molecule has 0 saturated heterocycles. The normalized spacial score (nSPS) is 17.8. The van der Waals surface area contributed by atoms with Crippen LogP contribution in [0.25, 0.3) is 11.5 Å². The van der Waals surface area contributed by atoms with E-state index in [1.165, 1.54) is 25.3 Å². The van der Waals surface area contributed by atoms with E-state index in [0.29, 0.717) is 35.9 Å². The van der Waals surface area contributed by atoms with E-state index in [-0.39, 0.29) is 40.6 Å². The molecule has 0 bridgehead atoms. The van der Waals surface area contributed by atoms with Crippen molar-refractivity contribution < 1.29 is 26.3 Å². The summed E-state index contributed by atoms with van der Waals surface area (Å²) in [5.74, 6) is -0.937. The van der Waals surface area contributed by atoms with E-state index in [9.17, 15) is 31.1 Å². The van der Waals surface area contributed by atoms with E-state index in [1.54, 1.807) is 6.07 Å². The van der Waals surface area contributed by atoms with Gasteiger partial charge in [-0.2, -0.15) is 31.7 Å². The largest absolute Gasteiger partial charge is 0.418 e. The molecule has 3 aromatic heterocycles. The van der Waals surface area contributed by atoms with Gasteiger partial charge in [0, 0.05) is 11.8 Å². The van der Waals surface area contributed by atoms with E-state index < -0.39 is 36.1 Å². The summed E-state index contributed by atoms with van der Waals surface area (Å²) >= 11 is 0. The van der Waals surface area contributed by atoms with Crippen LogP contribution >= 0.6 is 0 Å². The molecule has 4 aromatic rings. The maximum Gasteiger partial charge on any atom is 0.418 e. The maximum atomic E-state index is 14.6. The molecule has 1 aliphatic carbocycles. The van der Waals surface area contributed by atoms with Crippen LogP contribution in [-0.4, -0.2) is 29.5 Å². The van der Waals surface area contributed by atoms with Crippen molar-refractivity contribution in [3.63, 3.8) is 0 Å². The van der Waals surface area contributed by atoms with Gasteiger partial charge in [-0.1, -0.05) is 12.1 Å². The second-order valence-electron chi connectivity index (χ2n) is 10.2. The van der Waals surface area contributed by atoms with Crippen molar-refractivity contribution in [2.24, 2.45) is 0 Å². The third kappa shape index (κ3) is 5.75. The van der Waals surface area contributed by atoms with Gasteiger partial charge in [-0.3, -0.25) is 9.78 Å². The zero-order valence-corrected chi connectivity index (χ0v) is 22.2. The average Bonchev–Trinajstić information content (AvgIpc) is 3.32. The number of aryl methyl sites for hydroxylation is 2. The third-order valence-corrected chi connectivity index (χ3v) is 7.56. The van der Waals surface area contributed by atoms with Crippen LogP contribution in [0.2, 0.25) is 0 Å². The van der Waals surface area contributed by atoms with E-state index in [0.717, 1.165) is 22.4 Å². The summed E-state index contributed by atoms with van der Waals surface area (Å²) in [7, 11) is 0. The molecule has 7 nitrogen and oxygen atoms in total. The molecule has 0 N–H and O–H groups in total. The first-order valence-electron chi connectivity index (χ1n) is 13.0. The van der Waals surface area contributed by atoms with Gasteiger partial charge in [0.1, 0.15) is 17.3 Å². The van der Waals surface area contributed by atoms with Crippen molar-refractivity contribution in [3.8, 4) is 11.5 Å². The number of hydrogen-bond donors (Lipinski definition) is 0. The number of alkyl halides is 5. The standard InChI is InChI=1S/C28H26F6N6O/c1-15-5-3-7-21(29)24(15)18-10-8-17(9-11-18)19-13-22(25-36-16(2)40(38-25)27(30)31)37-39(26(19)41)14-23-20(28(32,33)34)6-4-12-35-23/h3-7,12-13,17-18,27H,8-11,14H2,1-2H3. The van der Waals surface area contributed by atoms with E-state index in [2.05, 4.69) is 20.2 Å². The minimum absolute atomic E-state index is 0.0290. The number of halogens is 6. The fourth-order valence-electron chi connectivity index (χ4n) is 5.58. The molecular formula is C28H26F6N6O. The van der Waals surface area contributed by atoms with Crippen LogP contribution in [0.5, 0.6) is 0 Å². The molecule has 0 radical (unpaired) electrons. The molecule has 41 heavy (non-hydrogen) atoms. The van der Waals surface area contributed by atoms with Gasteiger partial charge in [0.2, 0.25) is 5.82 Å². The molecule has 5 rings (SSSR count). The van der Waals surface area contributed by atoms with Gasteiger partial charge in [0.25, 0.3) is 5.56 Å². The quantitative estimate of drug-likeness (QED) is 0.243. The van der Waals surface area contributed by atoms with Crippen molar-refractivity contribution in [2.75, 3.05) is 0 Å². The Labute approximate surface area is 230 Å². The second-order valence-corrected chi connectivity index (χ2v) is 10.2. The molecule has 13 heteroatoms. The Balaban J connectivity index is 1.54. The molecule has 0 amide bonds. The number of aromatic nitrogens is 6. The molecule has 1 aromatic carbocycles. The Bertz CT molecular complexity index is 1600.